The highest BCUT2D eigenvalue weighted by atomic mass is 35.5. The van der Waals surface area contributed by atoms with Gasteiger partial charge in [0, 0.05) is 11.1 Å². The van der Waals surface area contributed by atoms with E-state index in [1.165, 1.54) is 18.4 Å². The van der Waals surface area contributed by atoms with Crippen LogP contribution < -0.4 is 5.32 Å². The molecule has 1 saturated carbocycles. The van der Waals surface area contributed by atoms with Gasteiger partial charge in [-0.1, -0.05) is 43.6 Å². The number of hydrogen-bond donors (Lipinski definition) is 1. The quantitative estimate of drug-likeness (QED) is 0.822. The zero-order valence-electron chi connectivity index (χ0n) is 10.1. The Labute approximate surface area is 103 Å². The van der Waals surface area contributed by atoms with Gasteiger partial charge in [-0.3, -0.25) is 0 Å². The van der Waals surface area contributed by atoms with Gasteiger partial charge in [0.25, 0.3) is 0 Å². The van der Waals surface area contributed by atoms with Crippen molar-refractivity contribution in [2.45, 2.75) is 44.6 Å². The molecule has 0 heterocycles. The third kappa shape index (κ3) is 2.99. The molecule has 1 aliphatic carbocycles. The van der Waals surface area contributed by atoms with Gasteiger partial charge in [-0.25, -0.2) is 0 Å². The molecule has 2 heteroatoms. The van der Waals surface area contributed by atoms with Crippen molar-refractivity contribution < 1.29 is 0 Å². The Kier molecular flexibility index (Phi) is 3.56. The van der Waals surface area contributed by atoms with Crippen molar-refractivity contribution in [3.05, 3.63) is 34.9 Å². The van der Waals surface area contributed by atoms with E-state index in [4.69, 9.17) is 11.6 Å². The maximum atomic E-state index is 6.24. The summed E-state index contributed by atoms with van der Waals surface area (Å²) in [6.07, 6.45) is 3.84. The summed E-state index contributed by atoms with van der Waals surface area (Å²) in [6.45, 7) is 5.62. The maximum absolute atomic E-state index is 6.24. The van der Waals surface area contributed by atoms with Gasteiger partial charge >= 0.3 is 0 Å². The van der Waals surface area contributed by atoms with Gasteiger partial charge in [-0.2, -0.15) is 0 Å². The molecule has 0 saturated heterocycles. The molecule has 0 bridgehead atoms. The van der Waals surface area contributed by atoms with Gasteiger partial charge in [0.05, 0.1) is 0 Å². The molecule has 0 aromatic heterocycles. The fraction of sp³-hybridized carbons (Fsp3) is 0.571. The molecule has 1 N–H and O–H groups in total. The molecule has 1 nitrogen and oxygen atoms in total. The molecule has 0 unspecified atom stereocenters. The fourth-order valence-corrected chi connectivity index (χ4v) is 2.41. The summed E-state index contributed by atoms with van der Waals surface area (Å²) >= 11 is 6.24. The Hall–Kier alpha value is -0.530. The average molecular weight is 238 g/mol. The Balaban J connectivity index is 1.96. The third-order valence-corrected chi connectivity index (χ3v) is 3.69. The first kappa shape index (κ1) is 11.9. The lowest BCUT2D eigenvalue weighted by molar-refractivity contribution is 0.456. The fourth-order valence-electron chi connectivity index (χ4n) is 2.02. The molecule has 1 fully saturated rings. The number of halogens is 1. The number of nitrogens with one attached hydrogen (secondary N) is 1. The van der Waals surface area contributed by atoms with Gasteiger partial charge in [0.1, 0.15) is 0 Å². The van der Waals surface area contributed by atoms with Crippen LogP contribution in [-0.2, 0) is 5.41 Å². The second-order valence-electron chi connectivity index (χ2n) is 5.34. The summed E-state index contributed by atoms with van der Waals surface area (Å²) in [5.41, 5.74) is 1.41. The Morgan fingerprint density at radius 2 is 2.00 bits per heavy atom. The summed E-state index contributed by atoms with van der Waals surface area (Å²) in [4.78, 5) is 0. The first-order valence-corrected chi connectivity index (χ1v) is 6.46. The molecule has 0 atom stereocenters. The first-order valence-electron chi connectivity index (χ1n) is 6.08. The lowest BCUT2D eigenvalue weighted by Crippen LogP contribution is -2.26. The van der Waals surface area contributed by atoms with Crippen molar-refractivity contribution in [3.8, 4) is 0 Å². The van der Waals surface area contributed by atoms with E-state index in [-0.39, 0.29) is 5.41 Å². The first-order chi connectivity index (χ1) is 7.59. The Morgan fingerprint density at radius 1 is 1.31 bits per heavy atom. The van der Waals surface area contributed by atoms with E-state index in [1.54, 1.807) is 0 Å². The number of benzene rings is 1. The summed E-state index contributed by atoms with van der Waals surface area (Å²) in [5, 5.41) is 4.45. The normalized spacial score (nSPS) is 16.4. The molecule has 1 aromatic carbocycles. The van der Waals surface area contributed by atoms with Crippen LogP contribution in [0.3, 0.4) is 0 Å². The zero-order chi connectivity index (χ0) is 11.6. The van der Waals surface area contributed by atoms with Gasteiger partial charge in [-0.05, 0) is 42.9 Å². The van der Waals surface area contributed by atoms with E-state index >= 15 is 0 Å². The second-order valence-corrected chi connectivity index (χ2v) is 5.75. The van der Waals surface area contributed by atoms with Crippen molar-refractivity contribution in [2.24, 2.45) is 0 Å². The van der Waals surface area contributed by atoms with Crippen LogP contribution in [0.2, 0.25) is 5.02 Å². The molecule has 2 rings (SSSR count). The van der Waals surface area contributed by atoms with Gasteiger partial charge in [-0.15, -0.1) is 0 Å². The van der Waals surface area contributed by atoms with Gasteiger partial charge in [0.2, 0.25) is 0 Å². The Bertz CT molecular complexity index is 356. The van der Waals surface area contributed by atoms with E-state index in [2.05, 4.69) is 31.3 Å². The van der Waals surface area contributed by atoms with Crippen LogP contribution in [0.4, 0.5) is 0 Å². The minimum absolute atomic E-state index is 0.153. The van der Waals surface area contributed by atoms with Crippen LogP contribution in [0.25, 0.3) is 0 Å². The average Bonchev–Trinajstić information content (AvgIpc) is 3.02. The zero-order valence-corrected chi connectivity index (χ0v) is 10.8. The van der Waals surface area contributed by atoms with Crippen LogP contribution in [0.15, 0.2) is 24.3 Å². The highest BCUT2D eigenvalue weighted by Gasteiger charge is 2.25. The van der Waals surface area contributed by atoms with Crippen molar-refractivity contribution in [1.29, 1.82) is 0 Å². The topological polar surface area (TPSA) is 12.0 Å². The molecular formula is C14H20ClN. The Morgan fingerprint density at radius 3 is 2.62 bits per heavy atom. The highest BCUT2D eigenvalue weighted by molar-refractivity contribution is 6.31. The summed E-state index contributed by atoms with van der Waals surface area (Å²) in [5.74, 6) is 0. The van der Waals surface area contributed by atoms with E-state index in [0.29, 0.717) is 0 Å². The van der Waals surface area contributed by atoms with E-state index < -0.39 is 0 Å². The summed E-state index contributed by atoms with van der Waals surface area (Å²) in [7, 11) is 0. The van der Waals surface area contributed by atoms with Crippen molar-refractivity contribution in [1.82, 2.24) is 5.32 Å². The van der Waals surface area contributed by atoms with Crippen molar-refractivity contribution in [3.63, 3.8) is 0 Å². The van der Waals surface area contributed by atoms with E-state index in [1.807, 2.05) is 12.1 Å². The van der Waals surface area contributed by atoms with Crippen LogP contribution >= 0.6 is 11.6 Å². The van der Waals surface area contributed by atoms with Crippen LogP contribution in [-0.4, -0.2) is 12.6 Å². The molecule has 0 amide bonds. The predicted molar refractivity (Wildman–Crippen MR) is 70.1 cm³/mol. The highest BCUT2D eigenvalue weighted by Crippen LogP contribution is 2.32. The van der Waals surface area contributed by atoms with Crippen LogP contribution in [0.1, 0.15) is 38.7 Å². The standard InChI is InChI=1S/C14H20ClN/c1-14(2,9-10-16-11-7-8-11)12-5-3-4-6-13(12)15/h3-6,11,16H,7-10H2,1-2H3. The molecule has 0 aliphatic heterocycles. The maximum Gasteiger partial charge on any atom is 0.0443 e. The monoisotopic (exact) mass is 237 g/mol. The molecule has 0 radical (unpaired) electrons. The molecule has 16 heavy (non-hydrogen) atoms. The molecule has 88 valence electrons. The van der Waals surface area contributed by atoms with Crippen molar-refractivity contribution >= 4 is 11.6 Å². The van der Waals surface area contributed by atoms with Crippen molar-refractivity contribution in [2.75, 3.05) is 6.54 Å². The molecule has 1 aliphatic rings. The summed E-state index contributed by atoms with van der Waals surface area (Å²) < 4.78 is 0. The van der Waals surface area contributed by atoms with Crippen LogP contribution in [0.5, 0.6) is 0 Å². The lowest BCUT2D eigenvalue weighted by Gasteiger charge is -2.26. The minimum atomic E-state index is 0.153. The number of hydrogen-bond acceptors (Lipinski definition) is 1. The van der Waals surface area contributed by atoms with E-state index in [9.17, 15) is 0 Å². The van der Waals surface area contributed by atoms with Crippen LogP contribution in [0, 0.1) is 0 Å². The largest absolute Gasteiger partial charge is 0.314 e. The predicted octanol–water partition coefficient (Wildman–Crippen LogP) is 3.76. The van der Waals surface area contributed by atoms with E-state index in [0.717, 1.165) is 24.0 Å². The third-order valence-electron chi connectivity index (χ3n) is 3.36. The van der Waals surface area contributed by atoms with Gasteiger partial charge < -0.3 is 5.32 Å². The minimum Gasteiger partial charge on any atom is -0.314 e. The lowest BCUT2D eigenvalue weighted by atomic mass is 9.81. The molecule has 1 aromatic rings. The molecular weight excluding hydrogens is 218 g/mol. The number of rotatable bonds is 5. The SMILES string of the molecule is CC(C)(CCNC1CC1)c1ccccc1Cl. The smallest absolute Gasteiger partial charge is 0.0443 e. The molecule has 0 spiro atoms. The summed E-state index contributed by atoms with van der Waals surface area (Å²) in [6, 6.07) is 8.97. The second kappa shape index (κ2) is 4.77. The van der Waals surface area contributed by atoms with Gasteiger partial charge in [0.15, 0.2) is 0 Å².